The summed E-state index contributed by atoms with van der Waals surface area (Å²) in [4.78, 5) is 0. The molecule has 0 atom stereocenters. The van der Waals surface area contributed by atoms with E-state index in [4.69, 9.17) is 11.3 Å². The highest BCUT2D eigenvalue weighted by Gasteiger charge is 2.06. The van der Waals surface area contributed by atoms with Crippen LogP contribution in [-0.4, -0.2) is 10.4 Å². The van der Waals surface area contributed by atoms with Crippen LogP contribution in [0.25, 0.3) is 10.9 Å². The van der Waals surface area contributed by atoms with E-state index in [9.17, 15) is 0 Å². The predicted molar refractivity (Wildman–Crippen MR) is 88.1 cm³/mol. The Morgan fingerprint density at radius 2 is 2.00 bits per heavy atom. The van der Waals surface area contributed by atoms with Crippen molar-refractivity contribution in [3.8, 4) is 0 Å². The third-order valence-electron chi connectivity index (χ3n) is 3.83. The van der Waals surface area contributed by atoms with Crippen LogP contribution in [0.2, 0.25) is 0 Å². The van der Waals surface area contributed by atoms with E-state index in [0.29, 0.717) is 0 Å². The molecule has 0 amide bonds. The highest BCUT2D eigenvalue weighted by Crippen LogP contribution is 2.20. The van der Waals surface area contributed by atoms with Gasteiger partial charge in [-0.25, -0.2) is 0 Å². The minimum atomic E-state index is 0.253. The molecule has 5 heteroatoms. The lowest BCUT2D eigenvalue weighted by molar-refractivity contribution is 0.830. The maximum Gasteiger partial charge on any atom is 0.155 e. The van der Waals surface area contributed by atoms with E-state index in [-0.39, 0.29) is 5.84 Å². The standard InChI is InChI=1S/C17H17N5/c1-12-4-2-3-5-15(12)11-22-9-8-13-10-14(6-7-16(13)22)17(18)20-21-19/h2-10H,11H2,1H3,(H3,18,19,20). The monoisotopic (exact) mass is 291 g/mol. The fraction of sp³-hybridized carbons (Fsp3) is 0.118. The number of hydrogen-bond acceptors (Lipinski definition) is 2. The third kappa shape index (κ3) is 2.61. The second kappa shape index (κ2) is 5.81. The summed E-state index contributed by atoms with van der Waals surface area (Å²) in [6.45, 7) is 2.96. The van der Waals surface area contributed by atoms with Crippen LogP contribution in [-0.2, 0) is 6.54 Å². The minimum absolute atomic E-state index is 0.253. The minimum Gasteiger partial charge on any atom is -0.382 e. The van der Waals surface area contributed by atoms with Gasteiger partial charge in [0.1, 0.15) is 0 Å². The smallest absolute Gasteiger partial charge is 0.155 e. The molecule has 110 valence electrons. The fourth-order valence-electron chi connectivity index (χ4n) is 2.58. The molecule has 0 saturated carbocycles. The molecular formula is C17H17N5. The van der Waals surface area contributed by atoms with Crippen LogP contribution in [0.5, 0.6) is 0 Å². The predicted octanol–water partition coefficient (Wildman–Crippen LogP) is 3.65. The Morgan fingerprint density at radius 3 is 2.77 bits per heavy atom. The van der Waals surface area contributed by atoms with Crippen molar-refractivity contribution in [1.82, 2.24) is 4.57 Å². The van der Waals surface area contributed by atoms with E-state index < -0.39 is 0 Å². The van der Waals surface area contributed by atoms with Gasteiger partial charge in [-0.3, -0.25) is 0 Å². The van der Waals surface area contributed by atoms with Crippen LogP contribution in [0.15, 0.2) is 65.1 Å². The summed E-state index contributed by atoms with van der Waals surface area (Å²) in [5, 5.41) is 7.63. The Balaban J connectivity index is 1.98. The molecule has 0 aliphatic rings. The summed E-state index contributed by atoms with van der Waals surface area (Å²) in [6, 6.07) is 16.3. The normalized spacial score (nSPS) is 11.8. The molecular weight excluding hydrogens is 274 g/mol. The zero-order valence-corrected chi connectivity index (χ0v) is 12.3. The Kier molecular flexibility index (Phi) is 3.70. The number of benzene rings is 2. The number of nitrogens with two attached hydrogens (primary N) is 1. The fourth-order valence-corrected chi connectivity index (χ4v) is 2.58. The first-order valence-electron chi connectivity index (χ1n) is 7.02. The highest BCUT2D eigenvalue weighted by molar-refractivity contribution is 6.00. The number of hydrogen-bond donors (Lipinski definition) is 2. The molecule has 3 aromatic rings. The molecule has 2 aromatic carbocycles. The maximum atomic E-state index is 6.75. The van der Waals surface area contributed by atoms with Gasteiger partial charge in [-0.2, -0.15) is 5.53 Å². The Hall–Kier alpha value is -2.95. The summed E-state index contributed by atoms with van der Waals surface area (Å²) in [7, 11) is 0. The van der Waals surface area contributed by atoms with Gasteiger partial charge in [-0.1, -0.05) is 29.5 Å². The molecule has 0 spiro atoms. The number of amidine groups is 1. The Bertz CT molecular complexity index is 860. The lowest BCUT2D eigenvalue weighted by atomic mass is 10.1. The summed E-state index contributed by atoms with van der Waals surface area (Å²) in [5.41, 5.74) is 17.0. The van der Waals surface area contributed by atoms with Crippen LogP contribution in [0, 0.1) is 12.5 Å². The van der Waals surface area contributed by atoms with Crippen molar-refractivity contribution in [1.29, 1.82) is 5.53 Å². The van der Waals surface area contributed by atoms with Gasteiger partial charge in [0.15, 0.2) is 5.84 Å². The van der Waals surface area contributed by atoms with E-state index in [1.165, 1.54) is 11.1 Å². The molecule has 0 saturated heterocycles. The average molecular weight is 291 g/mol. The van der Waals surface area contributed by atoms with Crippen molar-refractivity contribution in [3.05, 3.63) is 71.4 Å². The summed E-state index contributed by atoms with van der Waals surface area (Å²) in [6.07, 6.45) is 2.07. The van der Waals surface area contributed by atoms with Crippen LogP contribution < -0.4 is 5.73 Å². The van der Waals surface area contributed by atoms with Crippen LogP contribution >= 0.6 is 0 Å². The highest BCUT2D eigenvalue weighted by atomic mass is 15.3. The van der Waals surface area contributed by atoms with Crippen molar-refractivity contribution in [2.24, 2.45) is 16.1 Å². The number of fused-ring (bicyclic) bond motifs is 1. The van der Waals surface area contributed by atoms with Crippen molar-refractivity contribution < 1.29 is 0 Å². The SMILES string of the molecule is Cc1ccccc1Cn1ccc2cc(C(N)=NN=N)ccc21. The molecule has 0 fully saturated rings. The molecule has 22 heavy (non-hydrogen) atoms. The first-order chi connectivity index (χ1) is 10.7. The lowest BCUT2D eigenvalue weighted by Gasteiger charge is -2.09. The molecule has 1 heterocycles. The topological polar surface area (TPSA) is 79.5 Å². The number of rotatable bonds is 4. The summed E-state index contributed by atoms with van der Waals surface area (Å²) in [5.74, 6) is 0.253. The second-order valence-electron chi connectivity index (χ2n) is 5.23. The first kappa shape index (κ1) is 14.0. The van der Waals surface area contributed by atoms with Crippen LogP contribution in [0.3, 0.4) is 0 Å². The third-order valence-corrected chi connectivity index (χ3v) is 3.83. The number of nitrogens with one attached hydrogen (secondary N) is 1. The lowest BCUT2D eigenvalue weighted by Crippen LogP contribution is -2.12. The quantitative estimate of drug-likeness (QED) is 0.327. The zero-order chi connectivity index (χ0) is 15.5. The van der Waals surface area contributed by atoms with Gasteiger partial charge in [0, 0.05) is 29.2 Å². The zero-order valence-electron chi connectivity index (χ0n) is 12.3. The molecule has 3 rings (SSSR count). The molecule has 3 N–H and O–H groups in total. The molecule has 5 nitrogen and oxygen atoms in total. The Labute approximate surface area is 128 Å². The van der Waals surface area contributed by atoms with Crippen LogP contribution in [0.1, 0.15) is 16.7 Å². The van der Waals surface area contributed by atoms with Crippen molar-refractivity contribution in [3.63, 3.8) is 0 Å². The van der Waals surface area contributed by atoms with E-state index in [0.717, 1.165) is 23.0 Å². The average Bonchev–Trinajstić information content (AvgIpc) is 2.92. The Morgan fingerprint density at radius 1 is 1.18 bits per heavy atom. The van der Waals surface area contributed by atoms with Gasteiger partial charge in [-0.15, -0.1) is 5.10 Å². The van der Waals surface area contributed by atoms with E-state index in [1.807, 2.05) is 18.2 Å². The molecule has 0 aliphatic carbocycles. The molecule has 1 aromatic heterocycles. The number of aryl methyl sites for hydroxylation is 1. The van der Waals surface area contributed by atoms with Gasteiger partial charge < -0.3 is 10.3 Å². The largest absolute Gasteiger partial charge is 0.382 e. The first-order valence-corrected chi connectivity index (χ1v) is 7.02. The molecule has 0 radical (unpaired) electrons. The van der Waals surface area contributed by atoms with Crippen molar-refractivity contribution in [2.45, 2.75) is 13.5 Å². The van der Waals surface area contributed by atoms with Gasteiger partial charge in [0.05, 0.1) is 0 Å². The van der Waals surface area contributed by atoms with Crippen LogP contribution in [0.4, 0.5) is 0 Å². The summed E-state index contributed by atoms with van der Waals surface area (Å²) >= 11 is 0. The van der Waals surface area contributed by atoms with Crippen molar-refractivity contribution >= 4 is 16.7 Å². The maximum absolute atomic E-state index is 6.75. The number of aromatic nitrogens is 1. The van der Waals surface area contributed by atoms with Gasteiger partial charge in [-0.05, 0) is 42.3 Å². The molecule has 0 unspecified atom stereocenters. The van der Waals surface area contributed by atoms with E-state index in [2.05, 4.69) is 58.3 Å². The van der Waals surface area contributed by atoms with E-state index >= 15 is 0 Å². The molecule has 0 bridgehead atoms. The van der Waals surface area contributed by atoms with Gasteiger partial charge in [0.2, 0.25) is 0 Å². The second-order valence-corrected chi connectivity index (χ2v) is 5.23. The summed E-state index contributed by atoms with van der Waals surface area (Å²) < 4.78 is 2.21. The molecule has 0 aliphatic heterocycles. The van der Waals surface area contributed by atoms with Gasteiger partial charge >= 0.3 is 0 Å². The number of nitrogens with zero attached hydrogens (tertiary/aromatic N) is 3. The van der Waals surface area contributed by atoms with Gasteiger partial charge in [0.25, 0.3) is 0 Å². The van der Waals surface area contributed by atoms with Crippen molar-refractivity contribution in [2.75, 3.05) is 0 Å². The van der Waals surface area contributed by atoms with E-state index in [1.54, 1.807) is 0 Å².